The predicted octanol–water partition coefficient (Wildman–Crippen LogP) is 2.16. The average molecular weight is 287 g/mol. The Balaban J connectivity index is 2.52. The zero-order valence-electron chi connectivity index (χ0n) is 11.3. The minimum absolute atomic E-state index is 0.122. The van der Waals surface area contributed by atoms with E-state index in [1.165, 1.54) is 12.1 Å². The summed E-state index contributed by atoms with van der Waals surface area (Å²) in [5, 5.41) is 0. The summed E-state index contributed by atoms with van der Waals surface area (Å²) in [6.07, 6.45) is 1.90. The molecular weight excluding hydrogens is 265 g/mol. The van der Waals surface area contributed by atoms with E-state index in [-0.39, 0.29) is 23.2 Å². The van der Waals surface area contributed by atoms with Gasteiger partial charge in [-0.2, -0.15) is 0 Å². The maximum atomic E-state index is 12.8. The third kappa shape index (κ3) is 6.16. The number of halogens is 1. The van der Waals surface area contributed by atoms with E-state index < -0.39 is 9.84 Å². The van der Waals surface area contributed by atoms with Crippen LogP contribution < -0.4 is 5.73 Å². The molecule has 108 valence electrons. The van der Waals surface area contributed by atoms with E-state index in [1.54, 1.807) is 12.1 Å². The fraction of sp³-hybridized carbons (Fsp3) is 0.571. The molecule has 0 fully saturated rings. The molecule has 0 saturated heterocycles. The van der Waals surface area contributed by atoms with Gasteiger partial charge in [0.2, 0.25) is 0 Å². The van der Waals surface area contributed by atoms with Gasteiger partial charge in [0.25, 0.3) is 0 Å². The Labute approximate surface area is 114 Å². The van der Waals surface area contributed by atoms with Gasteiger partial charge >= 0.3 is 0 Å². The van der Waals surface area contributed by atoms with Crippen LogP contribution in [0.4, 0.5) is 4.39 Å². The van der Waals surface area contributed by atoms with Crippen LogP contribution in [0, 0.1) is 11.7 Å². The largest absolute Gasteiger partial charge is 0.330 e. The molecular formula is C14H22FNO2S. The molecule has 19 heavy (non-hydrogen) atoms. The van der Waals surface area contributed by atoms with Gasteiger partial charge in [-0.1, -0.05) is 19.1 Å². The van der Waals surface area contributed by atoms with Gasteiger partial charge in [0.1, 0.15) is 15.7 Å². The molecule has 0 heterocycles. The molecule has 0 radical (unpaired) electrons. The standard InChI is InChI=1S/C14H22FNO2S/c1-2-8-19(17,18)9-7-13(11-16)10-12-3-5-14(15)6-4-12/h3-6,13H,2,7-11,16H2,1H3. The van der Waals surface area contributed by atoms with Gasteiger partial charge in [-0.05, 0) is 49.4 Å². The van der Waals surface area contributed by atoms with Crippen molar-refractivity contribution in [3.8, 4) is 0 Å². The molecule has 0 amide bonds. The van der Waals surface area contributed by atoms with Crippen LogP contribution in [0.25, 0.3) is 0 Å². The number of benzene rings is 1. The SMILES string of the molecule is CCCS(=O)(=O)CCC(CN)Cc1ccc(F)cc1. The monoisotopic (exact) mass is 287 g/mol. The molecule has 0 aliphatic rings. The number of nitrogens with two attached hydrogens (primary N) is 1. The summed E-state index contributed by atoms with van der Waals surface area (Å²) in [6.45, 7) is 2.30. The summed E-state index contributed by atoms with van der Waals surface area (Å²) in [6, 6.07) is 6.27. The van der Waals surface area contributed by atoms with Crippen LogP contribution in [0.2, 0.25) is 0 Å². The Morgan fingerprint density at radius 2 is 1.84 bits per heavy atom. The average Bonchev–Trinajstić information content (AvgIpc) is 2.36. The van der Waals surface area contributed by atoms with E-state index in [4.69, 9.17) is 5.73 Å². The third-order valence-corrected chi connectivity index (χ3v) is 5.01. The van der Waals surface area contributed by atoms with Crippen LogP contribution in [-0.2, 0) is 16.3 Å². The van der Waals surface area contributed by atoms with Gasteiger partial charge in [-0.15, -0.1) is 0 Å². The van der Waals surface area contributed by atoms with Crippen molar-refractivity contribution in [2.45, 2.75) is 26.2 Å². The lowest BCUT2D eigenvalue weighted by atomic mass is 9.97. The van der Waals surface area contributed by atoms with Crippen molar-refractivity contribution in [1.82, 2.24) is 0 Å². The molecule has 0 bridgehead atoms. The minimum Gasteiger partial charge on any atom is -0.330 e. The lowest BCUT2D eigenvalue weighted by Crippen LogP contribution is -2.21. The van der Waals surface area contributed by atoms with Crippen LogP contribution in [0.15, 0.2) is 24.3 Å². The van der Waals surface area contributed by atoms with Gasteiger partial charge in [0.05, 0.1) is 5.75 Å². The molecule has 0 saturated carbocycles. The normalized spacial score (nSPS) is 13.4. The number of sulfone groups is 1. The molecule has 1 aromatic rings. The van der Waals surface area contributed by atoms with E-state index in [0.717, 1.165) is 5.56 Å². The van der Waals surface area contributed by atoms with E-state index >= 15 is 0 Å². The van der Waals surface area contributed by atoms with E-state index in [0.29, 0.717) is 25.8 Å². The lowest BCUT2D eigenvalue weighted by Gasteiger charge is -2.14. The summed E-state index contributed by atoms with van der Waals surface area (Å²) < 4.78 is 36.1. The molecule has 1 unspecified atom stereocenters. The molecule has 1 rings (SSSR count). The smallest absolute Gasteiger partial charge is 0.150 e. The van der Waals surface area contributed by atoms with Crippen molar-refractivity contribution in [3.63, 3.8) is 0 Å². The second-order valence-corrected chi connectivity index (χ2v) is 7.18. The summed E-state index contributed by atoms with van der Waals surface area (Å²) in [5.74, 6) is 0.278. The molecule has 1 atom stereocenters. The van der Waals surface area contributed by atoms with Crippen LogP contribution in [-0.4, -0.2) is 26.5 Å². The highest BCUT2D eigenvalue weighted by Crippen LogP contribution is 2.14. The first-order valence-electron chi connectivity index (χ1n) is 6.61. The number of hydrogen-bond donors (Lipinski definition) is 1. The fourth-order valence-corrected chi connectivity index (χ4v) is 3.53. The number of rotatable bonds is 8. The summed E-state index contributed by atoms with van der Waals surface area (Å²) in [7, 11) is -2.95. The highest BCUT2D eigenvalue weighted by atomic mass is 32.2. The van der Waals surface area contributed by atoms with E-state index in [1.807, 2.05) is 6.92 Å². The van der Waals surface area contributed by atoms with Gasteiger partial charge < -0.3 is 5.73 Å². The Kier molecular flexibility index (Phi) is 6.45. The lowest BCUT2D eigenvalue weighted by molar-refractivity contribution is 0.510. The Morgan fingerprint density at radius 1 is 1.21 bits per heavy atom. The Bertz CT molecular complexity index is 471. The third-order valence-electron chi connectivity index (χ3n) is 3.12. The quantitative estimate of drug-likeness (QED) is 0.797. The topological polar surface area (TPSA) is 60.2 Å². The molecule has 0 aliphatic carbocycles. The van der Waals surface area contributed by atoms with Gasteiger partial charge in [0.15, 0.2) is 0 Å². The summed E-state index contributed by atoms with van der Waals surface area (Å²) in [5.41, 5.74) is 6.68. The highest BCUT2D eigenvalue weighted by molar-refractivity contribution is 7.91. The number of hydrogen-bond acceptors (Lipinski definition) is 3. The zero-order valence-corrected chi connectivity index (χ0v) is 12.1. The first-order valence-corrected chi connectivity index (χ1v) is 8.44. The van der Waals surface area contributed by atoms with Crippen molar-refractivity contribution in [1.29, 1.82) is 0 Å². The maximum Gasteiger partial charge on any atom is 0.150 e. The van der Waals surface area contributed by atoms with Gasteiger partial charge in [-0.25, -0.2) is 12.8 Å². The minimum atomic E-state index is -2.95. The van der Waals surface area contributed by atoms with E-state index in [2.05, 4.69) is 0 Å². The molecule has 3 nitrogen and oxygen atoms in total. The summed E-state index contributed by atoms with van der Waals surface area (Å²) >= 11 is 0. The second kappa shape index (κ2) is 7.60. The van der Waals surface area contributed by atoms with Crippen molar-refractivity contribution in [2.75, 3.05) is 18.1 Å². The fourth-order valence-electron chi connectivity index (χ4n) is 2.02. The first-order chi connectivity index (χ1) is 8.96. The Morgan fingerprint density at radius 3 is 2.37 bits per heavy atom. The molecule has 0 aliphatic heterocycles. The van der Waals surface area contributed by atoms with E-state index in [9.17, 15) is 12.8 Å². The zero-order chi connectivity index (χ0) is 14.3. The van der Waals surface area contributed by atoms with Crippen LogP contribution in [0.5, 0.6) is 0 Å². The molecule has 0 aromatic heterocycles. The maximum absolute atomic E-state index is 12.8. The van der Waals surface area contributed by atoms with Gasteiger partial charge in [0, 0.05) is 5.75 Å². The second-order valence-electron chi connectivity index (χ2n) is 4.87. The molecule has 1 aromatic carbocycles. The predicted molar refractivity (Wildman–Crippen MR) is 76.2 cm³/mol. The molecule has 0 spiro atoms. The first kappa shape index (κ1) is 16.1. The van der Waals surface area contributed by atoms with Crippen LogP contribution >= 0.6 is 0 Å². The van der Waals surface area contributed by atoms with Gasteiger partial charge in [-0.3, -0.25) is 0 Å². The van der Waals surface area contributed by atoms with Crippen molar-refractivity contribution in [3.05, 3.63) is 35.6 Å². The Hall–Kier alpha value is -0.940. The van der Waals surface area contributed by atoms with Crippen molar-refractivity contribution in [2.24, 2.45) is 11.7 Å². The molecule has 2 N–H and O–H groups in total. The highest BCUT2D eigenvalue weighted by Gasteiger charge is 2.14. The summed E-state index contributed by atoms with van der Waals surface area (Å²) in [4.78, 5) is 0. The van der Waals surface area contributed by atoms with Crippen LogP contribution in [0.3, 0.4) is 0 Å². The van der Waals surface area contributed by atoms with Crippen molar-refractivity contribution < 1.29 is 12.8 Å². The van der Waals surface area contributed by atoms with Crippen molar-refractivity contribution >= 4 is 9.84 Å². The molecule has 5 heteroatoms. The van der Waals surface area contributed by atoms with Crippen LogP contribution in [0.1, 0.15) is 25.3 Å².